The largest absolute Gasteiger partial charge is 0.340 e. The summed E-state index contributed by atoms with van der Waals surface area (Å²) in [7, 11) is 0. The van der Waals surface area contributed by atoms with Crippen LogP contribution in [-0.2, 0) is 11.2 Å². The van der Waals surface area contributed by atoms with Gasteiger partial charge in [-0.2, -0.15) is 0 Å². The van der Waals surface area contributed by atoms with E-state index in [0.717, 1.165) is 38.3 Å². The van der Waals surface area contributed by atoms with Crippen LogP contribution in [0.1, 0.15) is 16.7 Å². The molecule has 1 aromatic carbocycles. The van der Waals surface area contributed by atoms with Gasteiger partial charge in [0.2, 0.25) is 5.91 Å². The monoisotopic (exact) mass is 294 g/mol. The minimum atomic E-state index is 0.240. The van der Waals surface area contributed by atoms with Crippen molar-refractivity contribution in [2.75, 3.05) is 38.6 Å². The number of aryl methyl sites for hydroxylation is 2. The van der Waals surface area contributed by atoms with E-state index in [2.05, 4.69) is 36.9 Å². The lowest BCUT2D eigenvalue weighted by molar-refractivity contribution is -0.132. The second kappa shape index (κ2) is 7.09. The SMILES string of the molecule is Cc1ccc(C)c(CC(=O)N2CCN(CCCl)CC2)c1. The highest BCUT2D eigenvalue weighted by Crippen LogP contribution is 2.13. The van der Waals surface area contributed by atoms with Gasteiger partial charge in [-0.3, -0.25) is 9.69 Å². The molecule has 1 heterocycles. The van der Waals surface area contributed by atoms with Crippen molar-refractivity contribution in [2.45, 2.75) is 20.3 Å². The van der Waals surface area contributed by atoms with Crippen molar-refractivity contribution in [3.8, 4) is 0 Å². The fourth-order valence-corrected chi connectivity index (χ4v) is 2.84. The van der Waals surface area contributed by atoms with Crippen molar-refractivity contribution in [1.82, 2.24) is 9.80 Å². The van der Waals surface area contributed by atoms with Crippen LogP contribution in [0.25, 0.3) is 0 Å². The van der Waals surface area contributed by atoms with Crippen LogP contribution >= 0.6 is 11.6 Å². The highest BCUT2D eigenvalue weighted by atomic mass is 35.5. The van der Waals surface area contributed by atoms with Crippen molar-refractivity contribution >= 4 is 17.5 Å². The van der Waals surface area contributed by atoms with Gasteiger partial charge >= 0.3 is 0 Å². The topological polar surface area (TPSA) is 23.6 Å². The number of rotatable bonds is 4. The summed E-state index contributed by atoms with van der Waals surface area (Å²) >= 11 is 5.75. The number of carbonyl (C=O) groups excluding carboxylic acids is 1. The maximum atomic E-state index is 12.4. The molecule has 1 aromatic rings. The summed E-state index contributed by atoms with van der Waals surface area (Å²) in [6, 6.07) is 6.31. The van der Waals surface area contributed by atoms with Gasteiger partial charge in [-0.15, -0.1) is 11.6 Å². The zero-order valence-electron chi connectivity index (χ0n) is 12.4. The summed E-state index contributed by atoms with van der Waals surface area (Å²) in [5.74, 6) is 0.903. The number of halogens is 1. The second-order valence-electron chi connectivity index (χ2n) is 5.52. The Bertz CT molecular complexity index is 468. The van der Waals surface area contributed by atoms with Crippen LogP contribution in [0.15, 0.2) is 18.2 Å². The Kier molecular flexibility index (Phi) is 5.44. The number of alkyl halides is 1. The first-order chi connectivity index (χ1) is 9.60. The fourth-order valence-electron chi connectivity index (χ4n) is 2.61. The third-order valence-electron chi connectivity index (χ3n) is 3.97. The van der Waals surface area contributed by atoms with Crippen LogP contribution in [0.4, 0.5) is 0 Å². The molecule has 4 heteroatoms. The van der Waals surface area contributed by atoms with E-state index >= 15 is 0 Å². The molecule has 1 aliphatic rings. The Morgan fingerprint density at radius 1 is 1.20 bits per heavy atom. The lowest BCUT2D eigenvalue weighted by atomic mass is 10.0. The Morgan fingerprint density at radius 2 is 1.90 bits per heavy atom. The number of nitrogens with zero attached hydrogens (tertiary/aromatic N) is 2. The molecule has 0 aromatic heterocycles. The molecule has 1 aliphatic heterocycles. The standard InChI is InChI=1S/C16H23ClN2O/c1-13-3-4-14(2)15(11-13)12-16(20)19-9-7-18(6-5-17)8-10-19/h3-4,11H,5-10,12H2,1-2H3. The molecule has 0 bridgehead atoms. The minimum Gasteiger partial charge on any atom is -0.340 e. The van der Waals surface area contributed by atoms with E-state index < -0.39 is 0 Å². The number of piperazine rings is 1. The molecule has 0 aliphatic carbocycles. The quantitative estimate of drug-likeness (QED) is 0.795. The lowest BCUT2D eigenvalue weighted by Crippen LogP contribution is -2.49. The van der Waals surface area contributed by atoms with Crippen LogP contribution in [0.2, 0.25) is 0 Å². The van der Waals surface area contributed by atoms with E-state index in [1.54, 1.807) is 0 Å². The molecule has 110 valence electrons. The summed E-state index contributed by atoms with van der Waals surface area (Å²) in [5, 5.41) is 0. The van der Waals surface area contributed by atoms with E-state index in [1.165, 1.54) is 11.1 Å². The van der Waals surface area contributed by atoms with Gasteiger partial charge in [0.05, 0.1) is 6.42 Å². The molecule has 2 rings (SSSR count). The van der Waals surface area contributed by atoms with Gasteiger partial charge in [0.25, 0.3) is 0 Å². The van der Waals surface area contributed by atoms with Gasteiger partial charge in [-0.25, -0.2) is 0 Å². The summed E-state index contributed by atoms with van der Waals surface area (Å²) in [6.07, 6.45) is 0.517. The van der Waals surface area contributed by atoms with Gasteiger partial charge in [-0.05, 0) is 25.0 Å². The first-order valence-corrected chi connectivity index (χ1v) is 7.76. The number of benzene rings is 1. The molecule has 0 saturated carbocycles. The van der Waals surface area contributed by atoms with Crippen molar-refractivity contribution in [1.29, 1.82) is 0 Å². The molecule has 1 saturated heterocycles. The highest BCUT2D eigenvalue weighted by molar-refractivity contribution is 6.18. The molecule has 0 unspecified atom stereocenters. The predicted molar refractivity (Wildman–Crippen MR) is 83.4 cm³/mol. The Hall–Kier alpha value is -1.06. The molecule has 0 atom stereocenters. The van der Waals surface area contributed by atoms with Crippen molar-refractivity contribution < 1.29 is 4.79 Å². The molecule has 1 amide bonds. The average molecular weight is 295 g/mol. The van der Waals surface area contributed by atoms with E-state index in [0.29, 0.717) is 12.3 Å². The normalized spacial score (nSPS) is 16.4. The Labute approximate surface area is 126 Å². The van der Waals surface area contributed by atoms with Gasteiger partial charge in [0, 0.05) is 38.6 Å². The maximum absolute atomic E-state index is 12.4. The number of hydrogen-bond donors (Lipinski definition) is 0. The number of hydrogen-bond acceptors (Lipinski definition) is 2. The number of amides is 1. The van der Waals surface area contributed by atoms with Crippen LogP contribution < -0.4 is 0 Å². The van der Waals surface area contributed by atoms with Crippen molar-refractivity contribution in [2.24, 2.45) is 0 Å². The van der Waals surface area contributed by atoms with Crippen LogP contribution in [0.5, 0.6) is 0 Å². The molecule has 0 N–H and O–H groups in total. The zero-order chi connectivity index (χ0) is 14.5. The third-order valence-corrected chi connectivity index (χ3v) is 4.14. The predicted octanol–water partition coefficient (Wildman–Crippen LogP) is 2.23. The van der Waals surface area contributed by atoms with Crippen molar-refractivity contribution in [3.63, 3.8) is 0 Å². The molecule has 0 spiro atoms. The summed E-state index contributed by atoms with van der Waals surface area (Å²) in [4.78, 5) is 16.7. The van der Waals surface area contributed by atoms with E-state index in [-0.39, 0.29) is 5.91 Å². The smallest absolute Gasteiger partial charge is 0.227 e. The van der Waals surface area contributed by atoms with Crippen LogP contribution in [0.3, 0.4) is 0 Å². The summed E-state index contributed by atoms with van der Waals surface area (Å²) < 4.78 is 0. The summed E-state index contributed by atoms with van der Waals surface area (Å²) in [6.45, 7) is 8.57. The first-order valence-electron chi connectivity index (χ1n) is 7.22. The van der Waals surface area contributed by atoms with Gasteiger partial charge in [0.15, 0.2) is 0 Å². The Morgan fingerprint density at radius 3 is 2.55 bits per heavy atom. The lowest BCUT2D eigenvalue weighted by Gasteiger charge is -2.34. The van der Waals surface area contributed by atoms with E-state index in [9.17, 15) is 4.79 Å². The van der Waals surface area contributed by atoms with Gasteiger partial charge < -0.3 is 4.90 Å². The third kappa shape index (κ3) is 3.97. The first kappa shape index (κ1) is 15.3. The summed E-state index contributed by atoms with van der Waals surface area (Å²) in [5.41, 5.74) is 3.56. The molecular formula is C16H23ClN2O. The van der Waals surface area contributed by atoms with E-state index in [1.807, 2.05) is 4.90 Å². The zero-order valence-corrected chi connectivity index (χ0v) is 13.1. The molecule has 20 heavy (non-hydrogen) atoms. The van der Waals surface area contributed by atoms with E-state index in [4.69, 9.17) is 11.6 Å². The molecule has 0 radical (unpaired) electrons. The number of carbonyl (C=O) groups is 1. The van der Waals surface area contributed by atoms with Gasteiger partial charge in [0.1, 0.15) is 0 Å². The minimum absolute atomic E-state index is 0.240. The molecule has 3 nitrogen and oxygen atoms in total. The Balaban J connectivity index is 1.91. The van der Waals surface area contributed by atoms with Crippen LogP contribution in [0, 0.1) is 13.8 Å². The van der Waals surface area contributed by atoms with Crippen LogP contribution in [-0.4, -0.2) is 54.3 Å². The van der Waals surface area contributed by atoms with Gasteiger partial charge in [-0.1, -0.05) is 23.8 Å². The maximum Gasteiger partial charge on any atom is 0.227 e. The second-order valence-corrected chi connectivity index (χ2v) is 5.90. The fraction of sp³-hybridized carbons (Fsp3) is 0.562. The van der Waals surface area contributed by atoms with Crippen molar-refractivity contribution in [3.05, 3.63) is 34.9 Å². The molecular weight excluding hydrogens is 272 g/mol. The average Bonchev–Trinajstić information content (AvgIpc) is 2.44. The highest BCUT2D eigenvalue weighted by Gasteiger charge is 2.21. The molecule has 1 fully saturated rings.